The molecule has 2 amide bonds. The minimum absolute atomic E-state index is 0.00721. The third kappa shape index (κ3) is 4.38. The molecule has 2 aromatic carbocycles. The number of morpholine rings is 1. The van der Waals surface area contributed by atoms with E-state index in [0.717, 1.165) is 11.1 Å². The molecule has 4 rings (SSSR count). The number of hydrogen-bond acceptors (Lipinski definition) is 3. The Balaban J connectivity index is 1.41. The fourth-order valence-corrected chi connectivity index (χ4v) is 4.55. The van der Waals surface area contributed by atoms with E-state index in [1.807, 2.05) is 53.1 Å². The van der Waals surface area contributed by atoms with Crippen LogP contribution in [-0.2, 0) is 27.3 Å². The van der Waals surface area contributed by atoms with Gasteiger partial charge in [-0.3, -0.25) is 9.59 Å². The van der Waals surface area contributed by atoms with Crippen molar-refractivity contribution < 1.29 is 18.7 Å². The Morgan fingerprint density at radius 3 is 2.70 bits per heavy atom. The van der Waals surface area contributed by atoms with E-state index >= 15 is 0 Å². The van der Waals surface area contributed by atoms with Crippen LogP contribution in [0.15, 0.2) is 54.6 Å². The molecule has 2 fully saturated rings. The van der Waals surface area contributed by atoms with Gasteiger partial charge in [-0.05, 0) is 43.0 Å². The zero-order chi connectivity index (χ0) is 21.1. The van der Waals surface area contributed by atoms with Crippen LogP contribution in [0.2, 0.25) is 0 Å². The number of rotatable bonds is 5. The summed E-state index contributed by atoms with van der Waals surface area (Å²) in [7, 11) is 0. The van der Waals surface area contributed by atoms with E-state index in [9.17, 15) is 14.0 Å². The second-order valence-corrected chi connectivity index (χ2v) is 8.36. The van der Waals surface area contributed by atoms with Crippen molar-refractivity contribution in [3.8, 4) is 0 Å². The molecule has 0 saturated carbocycles. The summed E-state index contributed by atoms with van der Waals surface area (Å²) in [6, 6.07) is 16.2. The number of carbonyl (C=O) groups excluding carboxylic acids is 2. The Hall–Kier alpha value is -2.73. The average molecular weight is 410 g/mol. The van der Waals surface area contributed by atoms with Crippen LogP contribution >= 0.6 is 0 Å². The summed E-state index contributed by atoms with van der Waals surface area (Å²) < 4.78 is 19.3. The van der Waals surface area contributed by atoms with Crippen molar-refractivity contribution in [3.05, 3.63) is 71.5 Å². The predicted octanol–water partition coefficient (Wildman–Crippen LogP) is 3.18. The van der Waals surface area contributed by atoms with Gasteiger partial charge in [0.05, 0.1) is 12.6 Å². The number of likely N-dealkylation sites (tertiary alicyclic amines) is 1. The van der Waals surface area contributed by atoms with Crippen molar-refractivity contribution in [3.63, 3.8) is 0 Å². The van der Waals surface area contributed by atoms with E-state index < -0.39 is 5.60 Å². The van der Waals surface area contributed by atoms with Crippen molar-refractivity contribution in [1.29, 1.82) is 0 Å². The van der Waals surface area contributed by atoms with Gasteiger partial charge in [-0.1, -0.05) is 42.5 Å². The molecule has 158 valence electrons. The van der Waals surface area contributed by atoms with Crippen LogP contribution < -0.4 is 0 Å². The maximum Gasteiger partial charge on any atom is 0.249 e. The van der Waals surface area contributed by atoms with E-state index in [0.29, 0.717) is 38.9 Å². The van der Waals surface area contributed by atoms with Gasteiger partial charge in [0.2, 0.25) is 11.8 Å². The fraction of sp³-hybridized carbons (Fsp3) is 0.417. The molecule has 2 saturated heterocycles. The summed E-state index contributed by atoms with van der Waals surface area (Å²) in [5, 5.41) is 0. The summed E-state index contributed by atoms with van der Waals surface area (Å²) in [5.74, 6) is -0.256. The highest BCUT2D eigenvalue weighted by molar-refractivity contribution is 5.79. The van der Waals surface area contributed by atoms with Crippen LogP contribution in [0.25, 0.3) is 0 Å². The van der Waals surface area contributed by atoms with Gasteiger partial charge >= 0.3 is 0 Å². The first kappa shape index (κ1) is 20.5. The van der Waals surface area contributed by atoms with Gasteiger partial charge in [0.15, 0.2) is 0 Å². The normalized spacial score (nSPS) is 23.9. The number of aryl methyl sites for hydroxylation is 1. The lowest BCUT2D eigenvalue weighted by Crippen LogP contribution is -2.67. The molecule has 2 heterocycles. The van der Waals surface area contributed by atoms with E-state index in [2.05, 4.69) is 0 Å². The number of fused-ring (bicyclic) bond motifs is 1. The lowest BCUT2D eigenvalue weighted by atomic mass is 9.85. The lowest BCUT2D eigenvalue weighted by molar-refractivity contribution is -0.190. The second kappa shape index (κ2) is 8.56. The van der Waals surface area contributed by atoms with E-state index in [-0.39, 0.29) is 30.3 Å². The molecule has 0 bridgehead atoms. The minimum atomic E-state index is -0.588. The maximum atomic E-state index is 13.4. The summed E-state index contributed by atoms with van der Waals surface area (Å²) >= 11 is 0. The van der Waals surface area contributed by atoms with Gasteiger partial charge < -0.3 is 14.5 Å². The van der Waals surface area contributed by atoms with Crippen molar-refractivity contribution in [2.45, 2.75) is 44.4 Å². The van der Waals surface area contributed by atoms with E-state index in [1.54, 1.807) is 6.07 Å². The maximum absolute atomic E-state index is 13.4. The molecule has 0 spiro atoms. The quantitative estimate of drug-likeness (QED) is 0.761. The number of nitrogens with zero attached hydrogens (tertiary/aromatic N) is 2. The summed E-state index contributed by atoms with van der Waals surface area (Å²) in [4.78, 5) is 29.1. The minimum Gasteiger partial charge on any atom is -0.361 e. The van der Waals surface area contributed by atoms with Gasteiger partial charge in [0.1, 0.15) is 18.0 Å². The summed E-state index contributed by atoms with van der Waals surface area (Å²) in [6.45, 7) is 3.62. The zero-order valence-electron chi connectivity index (χ0n) is 17.2. The number of carbonyl (C=O) groups is 2. The molecule has 2 aromatic rings. The summed E-state index contributed by atoms with van der Waals surface area (Å²) in [6.07, 6.45) is 1.52. The van der Waals surface area contributed by atoms with Crippen LogP contribution in [0, 0.1) is 5.82 Å². The molecule has 0 unspecified atom stereocenters. The Morgan fingerprint density at radius 2 is 1.93 bits per heavy atom. The lowest BCUT2D eigenvalue weighted by Gasteiger charge is -2.53. The Labute approximate surface area is 176 Å². The fourth-order valence-electron chi connectivity index (χ4n) is 4.55. The Bertz CT molecular complexity index is 920. The largest absolute Gasteiger partial charge is 0.361 e. The van der Waals surface area contributed by atoms with Gasteiger partial charge in [0, 0.05) is 19.5 Å². The molecule has 2 aliphatic heterocycles. The van der Waals surface area contributed by atoms with Crippen LogP contribution in [0.3, 0.4) is 0 Å². The van der Waals surface area contributed by atoms with Crippen LogP contribution in [0.5, 0.6) is 0 Å². The van der Waals surface area contributed by atoms with Gasteiger partial charge in [-0.15, -0.1) is 0 Å². The van der Waals surface area contributed by atoms with Gasteiger partial charge in [0.25, 0.3) is 0 Å². The topological polar surface area (TPSA) is 49.9 Å². The Morgan fingerprint density at radius 1 is 1.17 bits per heavy atom. The van der Waals surface area contributed by atoms with Crippen molar-refractivity contribution in [1.82, 2.24) is 9.80 Å². The van der Waals surface area contributed by atoms with Gasteiger partial charge in [-0.25, -0.2) is 4.39 Å². The molecule has 2 aliphatic rings. The standard InChI is InChI=1S/C24H27FN2O3/c1-24-17-26(22(28)11-10-18-8-5-9-20(25)14-18)13-12-21(24)27(23(29)16-30-24)15-19-6-3-2-4-7-19/h2-9,14,21H,10-13,15-17H2,1H3/t21-,24-/m1/s1. The predicted molar refractivity (Wildman–Crippen MR) is 111 cm³/mol. The smallest absolute Gasteiger partial charge is 0.249 e. The third-order valence-electron chi connectivity index (χ3n) is 6.17. The zero-order valence-corrected chi connectivity index (χ0v) is 17.2. The first-order chi connectivity index (χ1) is 14.4. The first-order valence-electron chi connectivity index (χ1n) is 10.4. The molecule has 6 heteroatoms. The second-order valence-electron chi connectivity index (χ2n) is 8.36. The Kier molecular flexibility index (Phi) is 5.86. The molecule has 0 aromatic heterocycles. The SMILES string of the molecule is C[C@@]12CN(C(=O)CCc3cccc(F)c3)CC[C@H]1N(Cc1ccccc1)C(=O)CO2. The number of amides is 2. The highest BCUT2D eigenvalue weighted by Gasteiger charge is 2.49. The van der Waals surface area contributed by atoms with E-state index in [4.69, 9.17) is 4.74 Å². The molecule has 0 aliphatic carbocycles. The molecule has 0 N–H and O–H groups in total. The molecule has 30 heavy (non-hydrogen) atoms. The van der Waals surface area contributed by atoms with Crippen molar-refractivity contribution >= 4 is 11.8 Å². The van der Waals surface area contributed by atoms with Crippen LogP contribution in [0.1, 0.15) is 30.9 Å². The molecular weight excluding hydrogens is 383 g/mol. The van der Waals surface area contributed by atoms with Gasteiger partial charge in [-0.2, -0.15) is 0 Å². The molecular formula is C24H27FN2O3. The highest BCUT2D eigenvalue weighted by atomic mass is 19.1. The highest BCUT2D eigenvalue weighted by Crippen LogP contribution is 2.34. The number of piperidine rings is 1. The van der Waals surface area contributed by atoms with Crippen molar-refractivity contribution in [2.75, 3.05) is 19.7 Å². The van der Waals surface area contributed by atoms with Crippen LogP contribution in [-0.4, -0.2) is 53.0 Å². The van der Waals surface area contributed by atoms with Crippen LogP contribution in [0.4, 0.5) is 4.39 Å². The number of benzene rings is 2. The molecule has 5 nitrogen and oxygen atoms in total. The van der Waals surface area contributed by atoms with E-state index in [1.165, 1.54) is 12.1 Å². The number of hydrogen-bond donors (Lipinski definition) is 0. The molecule has 0 radical (unpaired) electrons. The number of halogens is 1. The summed E-state index contributed by atoms with van der Waals surface area (Å²) in [5.41, 5.74) is 1.32. The first-order valence-corrected chi connectivity index (χ1v) is 10.4. The van der Waals surface area contributed by atoms with Crippen molar-refractivity contribution in [2.24, 2.45) is 0 Å². The number of ether oxygens (including phenoxy) is 1. The molecule has 2 atom stereocenters. The average Bonchev–Trinajstić information content (AvgIpc) is 2.75. The third-order valence-corrected chi connectivity index (χ3v) is 6.17. The monoisotopic (exact) mass is 410 g/mol.